The van der Waals surface area contributed by atoms with Crippen LogP contribution in [0.2, 0.25) is 0 Å². The van der Waals surface area contributed by atoms with Crippen molar-refractivity contribution in [3.05, 3.63) is 29.8 Å². The van der Waals surface area contributed by atoms with Crippen LogP contribution >= 0.6 is 22.6 Å². The first-order chi connectivity index (χ1) is 8.43. The first kappa shape index (κ1) is 15.3. The van der Waals surface area contributed by atoms with Crippen LogP contribution in [0, 0.1) is 0 Å². The van der Waals surface area contributed by atoms with Crippen molar-refractivity contribution in [2.24, 2.45) is 0 Å². The molecular formula is C12H13F3INO. The molecule has 1 aromatic rings. The highest BCUT2D eigenvalue weighted by atomic mass is 127. The van der Waals surface area contributed by atoms with Crippen LogP contribution in [0.15, 0.2) is 24.3 Å². The summed E-state index contributed by atoms with van der Waals surface area (Å²) in [6.07, 6.45) is -2.21. The molecular weight excluding hydrogens is 358 g/mol. The van der Waals surface area contributed by atoms with Crippen LogP contribution in [-0.2, 0) is 11.0 Å². The molecule has 1 amide bonds. The van der Waals surface area contributed by atoms with E-state index < -0.39 is 11.7 Å². The minimum Gasteiger partial charge on any atom is -0.326 e. The largest absolute Gasteiger partial charge is 0.416 e. The second-order valence-corrected chi connectivity index (χ2v) is 4.85. The van der Waals surface area contributed by atoms with Crippen molar-refractivity contribution < 1.29 is 18.0 Å². The molecule has 0 heterocycles. The molecule has 1 N–H and O–H groups in total. The lowest BCUT2D eigenvalue weighted by molar-refractivity contribution is -0.137. The van der Waals surface area contributed by atoms with Crippen LogP contribution in [0.5, 0.6) is 0 Å². The van der Waals surface area contributed by atoms with E-state index in [0.29, 0.717) is 12.1 Å². The SMILES string of the molecule is O=C(CCCCI)Nc1ccc(C(F)(F)F)cc1. The van der Waals surface area contributed by atoms with E-state index in [0.717, 1.165) is 29.4 Å². The summed E-state index contributed by atoms with van der Waals surface area (Å²) < 4.78 is 37.9. The summed E-state index contributed by atoms with van der Waals surface area (Å²) in [7, 11) is 0. The van der Waals surface area contributed by atoms with E-state index in [-0.39, 0.29) is 5.91 Å². The third kappa shape index (κ3) is 5.24. The summed E-state index contributed by atoms with van der Waals surface area (Å²) in [5.41, 5.74) is -0.326. The lowest BCUT2D eigenvalue weighted by Crippen LogP contribution is -2.11. The van der Waals surface area contributed by atoms with Gasteiger partial charge in [-0.15, -0.1) is 0 Å². The Labute approximate surface area is 117 Å². The molecule has 0 aromatic heterocycles. The molecule has 0 saturated carbocycles. The molecule has 0 fully saturated rings. The number of benzene rings is 1. The number of carbonyl (C=O) groups is 1. The van der Waals surface area contributed by atoms with E-state index in [9.17, 15) is 18.0 Å². The summed E-state index contributed by atoms with van der Waals surface area (Å²) >= 11 is 2.23. The second-order valence-electron chi connectivity index (χ2n) is 3.77. The molecule has 0 aliphatic rings. The standard InChI is InChI=1S/C12H13F3INO/c13-12(14,15)9-4-6-10(7-5-9)17-11(18)3-1-2-8-16/h4-7H,1-3,8H2,(H,17,18). The average Bonchev–Trinajstić information content (AvgIpc) is 2.29. The van der Waals surface area contributed by atoms with Gasteiger partial charge in [-0.2, -0.15) is 13.2 Å². The van der Waals surface area contributed by atoms with Gasteiger partial charge in [-0.25, -0.2) is 0 Å². The summed E-state index contributed by atoms with van der Waals surface area (Å²) in [5.74, 6) is -0.167. The Balaban J connectivity index is 2.51. The first-order valence-corrected chi connectivity index (χ1v) is 6.99. The number of hydrogen-bond donors (Lipinski definition) is 1. The number of halogens is 4. The van der Waals surface area contributed by atoms with E-state index in [4.69, 9.17) is 0 Å². The van der Waals surface area contributed by atoms with Crippen molar-refractivity contribution in [2.45, 2.75) is 25.4 Å². The highest BCUT2D eigenvalue weighted by molar-refractivity contribution is 14.1. The number of anilines is 1. The molecule has 0 bridgehead atoms. The second kappa shape index (κ2) is 6.96. The maximum atomic E-state index is 12.3. The molecule has 0 aliphatic heterocycles. The van der Waals surface area contributed by atoms with E-state index >= 15 is 0 Å². The average molecular weight is 371 g/mol. The molecule has 1 rings (SSSR count). The number of nitrogens with one attached hydrogen (secondary N) is 1. The monoisotopic (exact) mass is 371 g/mol. The van der Waals surface area contributed by atoms with Crippen LogP contribution in [0.1, 0.15) is 24.8 Å². The smallest absolute Gasteiger partial charge is 0.326 e. The van der Waals surface area contributed by atoms with Crippen molar-refractivity contribution in [1.29, 1.82) is 0 Å². The number of amides is 1. The molecule has 0 spiro atoms. The minimum atomic E-state index is -4.34. The Bertz CT molecular complexity index is 389. The first-order valence-electron chi connectivity index (χ1n) is 5.46. The summed E-state index contributed by atoms with van der Waals surface area (Å²) in [4.78, 5) is 11.4. The fourth-order valence-electron chi connectivity index (χ4n) is 1.35. The Hall–Kier alpha value is -0.790. The zero-order valence-corrected chi connectivity index (χ0v) is 11.7. The number of hydrogen-bond acceptors (Lipinski definition) is 1. The van der Waals surface area contributed by atoms with Gasteiger partial charge >= 0.3 is 6.18 Å². The Morgan fingerprint density at radius 2 is 1.78 bits per heavy atom. The van der Waals surface area contributed by atoms with Crippen LogP contribution < -0.4 is 5.32 Å². The van der Waals surface area contributed by atoms with Gasteiger partial charge in [0.15, 0.2) is 0 Å². The number of rotatable bonds is 5. The van der Waals surface area contributed by atoms with E-state index in [1.807, 2.05) is 0 Å². The molecule has 18 heavy (non-hydrogen) atoms. The maximum Gasteiger partial charge on any atom is 0.416 e. The fraction of sp³-hybridized carbons (Fsp3) is 0.417. The zero-order chi connectivity index (χ0) is 13.6. The predicted octanol–water partition coefficient (Wildman–Crippen LogP) is 4.25. The number of carbonyl (C=O) groups excluding carboxylic acids is 1. The third-order valence-electron chi connectivity index (χ3n) is 2.28. The third-order valence-corrected chi connectivity index (χ3v) is 3.05. The van der Waals surface area contributed by atoms with Crippen LogP contribution in [0.3, 0.4) is 0 Å². The van der Waals surface area contributed by atoms with Gasteiger partial charge in [0.2, 0.25) is 5.91 Å². The quantitative estimate of drug-likeness (QED) is 0.468. The summed E-state index contributed by atoms with van der Waals surface area (Å²) in [6, 6.07) is 4.44. The highest BCUT2D eigenvalue weighted by Crippen LogP contribution is 2.29. The fourth-order valence-corrected chi connectivity index (χ4v) is 1.89. The van der Waals surface area contributed by atoms with Gasteiger partial charge in [-0.1, -0.05) is 22.6 Å². The molecule has 0 radical (unpaired) electrons. The lowest BCUT2D eigenvalue weighted by atomic mass is 10.2. The van der Waals surface area contributed by atoms with Gasteiger partial charge in [-0.3, -0.25) is 4.79 Å². The van der Waals surface area contributed by atoms with Crippen molar-refractivity contribution in [2.75, 3.05) is 9.74 Å². The Morgan fingerprint density at radius 3 is 2.28 bits per heavy atom. The van der Waals surface area contributed by atoms with Gasteiger partial charge in [0.05, 0.1) is 5.56 Å². The maximum absolute atomic E-state index is 12.3. The number of unbranched alkanes of at least 4 members (excludes halogenated alkanes) is 1. The van der Waals surface area contributed by atoms with Gasteiger partial charge < -0.3 is 5.32 Å². The summed E-state index contributed by atoms with van der Waals surface area (Å²) in [5, 5.41) is 2.57. The molecule has 1 aromatic carbocycles. The van der Waals surface area contributed by atoms with E-state index in [2.05, 4.69) is 27.9 Å². The van der Waals surface area contributed by atoms with Crippen molar-refractivity contribution in [3.63, 3.8) is 0 Å². The molecule has 100 valence electrons. The van der Waals surface area contributed by atoms with Gasteiger partial charge in [0.25, 0.3) is 0 Å². The Kier molecular flexibility index (Phi) is 5.90. The number of alkyl halides is 4. The molecule has 0 atom stereocenters. The molecule has 6 heteroatoms. The van der Waals surface area contributed by atoms with Crippen LogP contribution in [-0.4, -0.2) is 10.3 Å². The molecule has 0 aliphatic carbocycles. The van der Waals surface area contributed by atoms with Gasteiger partial charge in [0, 0.05) is 12.1 Å². The van der Waals surface area contributed by atoms with Crippen LogP contribution in [0.25, 0.3) is 0 Å². The van der Waals surface area contributed by atoms with E-state index in [1.165, 1.54) is 12.1 Å². The van der Waals surface area contributed by atoms with Crippen molar-refractivity contribution >= 4 is 34.2 Å². The predicted molar refractivity (Wildman–Crippen MR) is 72.8 cm³/mol. The minimum absolute atomic E-state index is 0.167. The van der Waals surface area contributed by atoms with Crippen LogP contribution in [0.4, 0.5) is 18.9 Å². The molecule has 2 nitrogen and oxygen atoms in total. The van der Waals surface area contributed by atoms with Gasteiger partial charge in [0.1, 0.15) is 0 Å². The zero-order valence-electron chi connectivity index (χ0n) is 9.56. The van der Waals surface area contributed by atoms with Crippen molar-refractivity contribution in [3.8, 4) is 0 Å². The normalized spacial score (nSPS) is 11.3. The lowest BCUT2D eigenvalue weighted by Gasteiger charge is -2.08. The Morgan fingerprint density at radius 1 is 1.17 bits per heavy atom. The topological polar surface area (TPSA) is 29.1 Å². The van der Waals surface area contributed by atoms with Crippen molar-refractivity contribution in [1.82, 2.24) is 0 Å². The molecule has 0 unspecified atom stereocenters. The highest BCUT2D eigenvalue weighted by Gasteiger charge is 2.29. The summed E-state index contributed by atoms with van der Waals surface area (Å²) in [6.45, 7) is 0. The molecule has 0 saturated heterocycles. The van der Waals surface area contributed by atoms with E-state index in [1.54, 1.807) is 0 Å². The van der Waals surface area contributed by atoms with Gasteiger partial charge in [-0.05, 0) is 41.5 Å².